The van der Waals surface area contributed by atoms with Crippen molar-refractivity contribution in [3.05, 3.63) is 101 Å². The molecule has 1 aromatic heterocycles. The number of carbonyl (C=O) groups is 2. The van der Waals surface area contributed by atoms with E-state index >= 15 is 0 Å². The predicted molar refractivity (Wildman–Crippen MR) is 116 cm³/mol. The quantitative estimate of drug-likeness (QED) is 0.481. The maximum absolute atomic E-state index is 12.7. The van der Waals surface area contributed by atoms with Gasteiger partial charge in [-0.3, -0.25) is 14.6 Å². The van der Waals surface area contributed by atoms with Crippen LogP contribution in [0.15, 0.2) is 85.1 Å². The summed E-state index contributed by atoms with van der Waals surface area (Å²) >= 11 is 6.07. The van der Waals surface area contributed by atoms with Crippen molar-refractivity contribution >= 4 is 45.7 Å². The Morgan fingerprint density at radius 3 is 2.45 bits per heavy atom. The van der Waals surface area contributed by atoms with E-state index in [1.807, 2.05) is 24.3 Å². The van der Waals surface area contributed by atoms with Gasteiger partial charge in [0.15, 0.2) is 0 Å². The Morgan fingerprint density at radius 2 is 1.59 bits per heavy atom. The first kappa shape index (κ1) is 18.7. The molecule has 0 bridgehead atoms. The SMILES string of the molecule is O=C(Nc1cccc2cccnc12)c1cccc(NC(=O)c2ccccc2Cl)c1. The van der Waals surface area contributed by atoms with Crippen molar-refractivity contribution in [2.75, 3.05) is 10.6 Å². The number of amides is 2. The lowest BCUT2D eigenvalue weighted by atomic mass is 10.1. The molecule has 0 saturated carbocycles. The normalized spacial score (nSPS) is 10.5. The number of pyridine rings is 1. The van der Waals surface area contributed by atoms with Gasteiger partial charge in [-0.05, 0) is 42.5 Å². The van der Waals surface area contributed by atoms with E-state index in [-0.39, 0.29) is 11.8 Å². The third-order valence-electron chi connectivity index (χ3n) is 4.38. The van der Waals surface area contributed by atoms with E-state index < -0.39 is 0 Å². The summed E-state index contributed by atoms with van der Waals surface area (Å²) in [6, 6.07) is 22.9. The Hall–Kier alpha value is -3.70. The number of hydrogen-bond donors (Lipinski definition) is 2. The largest absolute Gasteiger partial charge is 0.322 e. The maximum Gasteiger partial charge on any atom is 0.257 e. The smallest absolute Gasteiger partial charge is 0.257 e. The minimum atomic E-state index is -0.341. The van der Waals surface area contributed by atoms with Crippen molar-refractivity contribution in [1.82, 2.24) is 4.98 Å². The average molecular weight is 402 g/mol. The van der Waals surface area contributed by atoms with E-state index in [9.17, 15) is 9.59 Å². The molecule has 0 atom stereocenters. The highest BCUT2D eigenvalue weighted by atomic mass is 35.5. The van der Waals surface area contributed by atoms with Gasteiger partial charge in [0.05, 0.1) is 21.8 Å². The summed E-state index contributed by atoms with van der Waals surface area (Å²) in [6.07, 6.45) is 1.68. The van der Waals surface area contributed by atoms with Crippen LogP contribution in [0, 0.1) is 0 Å². The minimum absolute atomic E-state index is 0.294. The van der Waals surface area contributed by atoms with Gasteiger partial charge in [-0.25, -0.2) is 0 Å². The molecule has 4 aromatic rings. The number of fused-ring (bicyclic) bond motifs is 1. The first-order valence-electron chi connectivity index (χ1n) is 8.93. The number of anilines is 2. The summed E-state index contributed by atoms with van der Waals surface area (Å²) in [4.78, 5) is 29.5. The Labute approximate surface area is 172 Å². The van der Waals surface area contributed by atoms with Crippen LogP contribution >= 0.6 is 11.6 Å². The van der Waals surface area contributed by atoms with Crippen molar-refractivity contribution in [1.29, 1.82) is 0 Å². The molecule has 0 saturated heterocycles. The van der Waals surface area contributed by atoms with Crippen LogP contribution in [0.5, 0.6) is 0 Å². The number of halogens is 1. The summed E-state index contributed by atoms with van der Waals surface area (Å²) in [5.41, 5.74) is 2.62. The molecular formula is C23H16ClN3O2. The van der Waals surface area contributed by atoms with Gasteiger partial charge in [0.2, 0.25) is 0 Å². The van der Waals surface area contributed by atoms with Crippen molar-refractivity contribution in [2.24, 2.45) is 0 Å². The van der Waals surface area contributed by atoms with Crippen LogP contribution < -0.4 is 10.6 Å². The number of rotatable bonds is 4. The molecule has 0 aliphatic heterocycles. The van der Waals surface area contributed by atoms with Gasteiger partial charge >= 0.3 is 0 Å². The van der Waals surface area contributed by atoms with Gasteiger partial charge in [0, 0.05) is 22.8 Å². The van der Waals surface area contributed by atoms with Crippen molar-refractivity contribution < 1.29 is 9.59 Å². The number of hydrogen-bond acceptors (Lipinski definition) is 3. The topological polar surface area (TPSA) is 71.1 Å². The molecule has 1 heterocycles. The molecule has 2 amide bonds. The molecule has 6 heteroatoms. The Kier molecular flexibility index (Phi) is 5.22. The van der Waals surface area contributed by atoms with Gasteiger partial charge in [-0.1, -0.05) is 48.0 Å². The number of para-hydroxylation sites is 1. The number of carbonyl (C=O) groups excluding carboxylic acids is 2. The highest BCUT2D eigenvalue weighted by Gasteiger charge is 2.13. The monoisotopic (exact) mass is 401 g/mol. The standard InChI is InChI=1S/C23H16ClN3O2/c24-19-11-2-1-10-18(19)23(29)26-17-9-3-7-16(14-17)22(28)27-20-12-4-6-15-8-5-13-25-21(15)20/h1-14H,(H,26,29)(H,27,28). The first-order chi connectivity index (χ1) is 14.1. The van der Waals surface area contributed by atoms with Crippen LogP contribution in [-0.2, 0) is 0 Å². The second kappa shape index (κ2) is 8.12. The van der Waals surface area contributed by atoms with Crippen LogP contribution in [0.4, 0.5) is 11.4 Å². The van der Waals surface area contributed by atoms with E-state index in [1.165, 1.54) is 0 Å². The lowest BCUT2D eigenvalue weighted by Gasteiger charge is -2.10. The number of nitrogens with zero attached hydrogens (tertiary/aromatic N) is 1. The zero-order valence-corrected chi connectivity index (χ0v) is 16.0. The van der Waals surface area contributed by atoms with Gasteiger partial charge in [-0.2, -0.15) is 0 Å². The summed E-state index contributed by atoms with van der Waals surface area (Å²) in [5, 5.41) is 6.96. The van der Waals surface area contributed by atoms with E-state index in [1.54, 1.807) is 60.8 Å². The molecule has 142 valence electrons. The molecule has 0 aliphatic carbocycles. The predicted octanol–water partition coefficient (Wildman–Crippen LogP) is 5.39. The van der Waals surface area contributed by atoms with Crippen molar-refractivity contribution in [3.8, 4) is 0 Å². The highest BCUT2D eigenvalue weighted by Crippen LogP contribution is 2.22. The third-order valence-corrected chi connectivity index (χ3v) is 4.71. The number of benzene rings is 3. The maximum atomic E-state index is 12.7. The molecule has 4 rings (SSSR count). The second-order valence-corrected chi connectivity index (χ2v) is 6.76. The molecule has 0 spiro atoms. The molecule has 3 aromatic carbocycles. The van der Waals surface area contributed by atoms with Crippen LogP contribution in [0.1, 0.15) is 20.7 Å². The average Bonchev–Trinajstić information content (AvgIpc) is 2.74. The molecule has 29 heavy (non-hydrogen) atoms. The van der Waals surface area contributed by atoms with Gasteiger partial charge in [0.25, 0.3) is 11.8 Å². The number of aromatic nitrogens is 1. The molecule has 0 fully saturated rings. The summed E-state index contributed by atoms with van der Waals surface area (Å²) in [6.45, 7) is 0. The highest BCUT2D eigenvalue weighted by molar-refractivity contribution is 6.34. The van der Waals surface area contributed by atoms with Crippen molar-refractivity contribution in [2.45, 2.75) is 0 Å². The van der Waals surface area contributed by atoms with Crippen LogP contribution in [0.3, 0.4) is 0 Å². The van der Waals surface area contributed by atoms with Crippen LogP contribution in [0.25, 0.3) is 10.9 Å². The van der Waals surface area contributed by atoms with E-state index in [0.29, 0.717) is 33.0 Å². The Morgan fingerprint density at radius 1 is 0.793 bits per heavy atom. The van der Waals surface area contributed by atoms with Crippen molar-refractivity contribution in [3.63, 3.8) is 0 Å². The summed E-state index contributed by atoms with van der Waals surface area (Å²) in [7, 11) is 0. The summed E-state index contributed by atoms with van der Waals surface area (Å²) < 4.78 is 0. The molecule has 0 radical (unpaired) electrons. The fraction of sp³-hybridized carbons (Fsp3) is 0. The van der Waals surface area contributed by atoms with E-state index in [2.05, 4.69) is 15.6 Å². The minimum Gasteiger partial charge on any atom is -0.322 e. The molecule has 0 aliphatic rings. The van der Waals surface area contributed by atoms with Gasteiger partial charge in [-0.15, -0.1) is 0 Å². The molecule has 5 nitrogen and oxygen atoms in total. The Bertz CT molecular complexity index is 1220. The third kappa shape index (κ3) is 4.10. The lowest BCUT2D eigenvalue weighted by Crippen LogP contribution is -2.15. The zero-order valence-electron chi connectivity index (χ0n) is 15.2. The second-order valence-electron chi connectivity index (χ2n) is 6.35. The Balaban J connectivity index is 1.54. The first-order valence-corrected chi connectivity index (χ1v) is 9.31. The van der Waals surface area contributed by atoms with Gasteiger partial charge in [0.1, 0.15) is 0 Å². The fourth-order valence-corrected chi connectivity index (χ4v) is 3.20. The fourth-order valence-electron chi connectivity index (χ4n) is 2.98. The lowest BCUT2D eigenvalue weighted by molar-refractivity contribution is 0.101. The van der Waals surface area contributed by atoms with E-state index in [0.717, 1.165) is 5.39 Å². The number of nitrogens with one attached hydrogen (secondary N) is 2. The van der Waals surface area contributed by atoms with Gasteiger partial charge < -0.3 is 10.6 Å². The zero-order chi connectivity index (χ0) is 20.2. The molecule has 2 N–H and O–H groups in total. The van der Waals surface area contributed by atoms with E-state index in [4.69, 9.17) is 11.6 Å². The molecule has 0 unspecified atom stereocenters. The summed E-state index contributed by atoms with van der Waals surface area (Å²) in [5.74, 6) is -0.636. The van der Waals surface area contributed by atoms with Crippen LogP contribution in [-0.4, -0.2) is 16.8 Å². The molecular weight excluding hydrogens is 386 g/mol. The van der Waals surface area contributed by atoms with Crippen LogP contribution in [0.2, 0.25) is 5.02 Å².